The van der Waals surface area contributed by atoms with Crippen molar-refractivity contribution in [3.63, 3.8) is 0 Å². The predicted octanol–water partition coefficient (Wildman–Crippen LogP) is 4.35. The Kier molecular flexibility index (Phi) is 2.37. The van der Waals surface area contributed by atoms with E-state index < -0.39 is 34.0 Å². The van der Waals surface area contributed by atoms with Crippen molar-refractivity contribution in [3.05, 3.63) is 28.2 Å². The van der Waals surface area contributed by atoms with Gasteiger partial charge in [-0.25, -0.2) is 4.39 Å². The van der Waals surface area contributed by atoms with Gasteiger partial charge in [0.15, 0.2) is 5.83 Å². The van der Waals surface area contributed by atoms with E-state index in [1.54, 1.807) is 0 Å². The van der Waals surface area contributed by atoms with Crippen molar-refractivity contribution in [2.45, 2.75) is 17.8 Å². The number of hydrogen-bond acceptors (Lipinski definition) is 1. The van der Waals surface area contributed by atoms with Crippen molar-refractivity contribution in [1.82, 2.24) is 0 Å². The summed E-state index contributed by atoms with van der Waals surface area (Å²) >= 11 is 0.483. The molecule has 0 saturated heterocycles. The van der Waals surface area contributed by atoms with E-state index in [1.165, 1.54) is 11.4 Å². The quantitative estimate of drug-likeness (QED) is 0.669. The smallest absolute Gasteiger partial charge is 0.204 e. The highest BCUT2D eigenvalue weighted by Gasteiger charge is 2.81. The molecule has 0 N–H and O–H groups in total. The number of halogens is 7. The first-order valence-corrected chi connectivity index (χ1v) is 5.10. The maximum absolute atomic E-state index is 13.2. The minimum Gasteiger partial charge on any atom is -0.204 e. The summed E-state index contributed by atoms with van der Waals surface area (Å²) in [5.74, 6) is -19.3. The maximum Gasteiger partial charge on any atom is 0.383 e. The van der Waals surface area contributed by atoms with Gasteiger partial charge in [-0.3, -0.25) is 0 Å². The lowest BCUT2D eigenvalue weighted by Gasteiger charge is -2.24. The van der Waals surface area contributed by atoms with Crippen LogP contribution in [0.4, 0.5) is 30.7 Å². The zero-order valence-corrected chi connectivity index (χ0v) is 8.60. The van der Waals surface area contributed by atoms with Gasteiger partial charge in [-0.05, 0) is 11.4 Å². The molecule has 1 aromatic heterocycles. The van der Waals surface area contributed by atoms with Gasteiger partial charge >= 0.3 is 17.8 Å². The third-order valence-electron chi connectivity index (χ3n) is 2.37. The third kappa shape index (κ3) is 1.30. The first-order valence-electron chi connectivity index (χ1n) is 4.22. The van der Waals surface area contributed by atoms with Crippen molar-refractivity contribution in [1.29, 1.82) is 0 Å². The Morgan fingerprint density at radius 2 is 1.53 bits per heavy atom. The highest BCUT2D eigenvalue weighted by Crippen LogP contribution is 2.62. The van der Waals surface area contributed by atoms with Crippen LogP contribution in [-0.4, -0.2) is 17.8 Å². The molecule has 0 nitrogen and oxygen atoms in total. The molecule has 0 amide bonds. The second-order valence-electron chi connectivity index (χ2n) is 3.39. The van der Waals surface area contributed by atoms with Crippen molar-refractivity contribution >= 4 is 16.9 Å². The SMILES string of the molecule is FC1=C(c2cccs2)C(F)(F)C(F)(F)C1(F)F. The lowest BCUT2D eigenvalue weighted by molar-refractivity contribution is -0.263. The molecule has 0 saturated carbocycles. The molecule has 17 heavy (non-hydrogen) atoms. The zero-order valence-electron chi connectivity index (χ0n) is 7.79. The monoisotopic (exact) mass is 276 g/mol. The van der Waals surface area contributed by atoms with E-state index in [4.69, 9.17) is 0 Å². The summed E-state index contributed by atoms with van der Waals surface area (Å²) in [5.41, 5.74) is -1.93. The van der Waals surface area contributed by atoms with Gasteiger partial charge < -0.3 is 0 Å². The van der Waals surface area contributed by atoms with Crippen LogP contribution in [0.2, 0.25) is 0 Å². The fourth-order valence-corrected chi connectivity index (χ4v) is 2.27. The molecule has 0 atom stereocenters. The topological polar surface area (TPSA) is 0 Å². The summed E-state index contributed by atoms with van der Waals surface area (Å²) in [4.78, 5) is -0.635. The van der Waals surface area contributed by atoms with Gasteiger partial charge in [-0.2, -0.15) is 26.3 Å². The van der Waals surface area contributed by atoms with Crippen molar-refractivity contribution in [3.8, 4) is 0 Å². The fourth-order valence-electron chi connectivity index (χ4n) is 1.47. The van der Waals surface area contributed by atoms with Crippen LogP contribution in [0.15, 0.2) is 23.3 Å². The van der Waals surface area contributed by atoms with Crippen molar-refractivity contribution in [2.24, 2.45) is 0 Å². The van der Waals surface area contributed by atoms with Gasteiger partial charge in [-0.1, -0.05) is 6.07 Å². The molecule has 8 heteroatoms. The lowest BCUT2D eigenvalue weighted by Crippen LogP contribution is -2.48. The largest absolute Gasteiger partial charge is 0.383 e. The zero-order chi connectivity index (χ0) is 13.1. The van der Waals surface area contributed by atoms with E-state index in [-0.39, 0.29) is 0 Å². The van der Waals surface area contributed by atoms with Crippen LogP contribution in [0.3, 0.4) is 0 Å². The molecular formula is C9H3F7S. The molecule has 0 fully saturated rings. The molecule has 0 aromatic carbocycles. The molecule has 1 aliphatic rings. The summed E-state index contributed by atoms with van der Waals surface area (Å²) in [6.45, 7) is 0. The number of hydrogen-bond donors (Lipinski definition) is 0. The fraction of sp³-hybridized carbons (Fsp3) is 0.333. The van der Waals surface area contributed by atoms with E-state index in [0.29, 0.717) is 11.3 Å². The lowest BCUT2D eigenvalue weighted by atomic mass is 10.1. The number of allylic oxidation sites excluding steroid dienone is 2. The van der Waals surface area contributed by atoms with Crippen LogP contribution in [0.5, 0.6) is 0 Å². The molecular weight excluding hydrogens is 273 g/mol. The summed E-state index contributed by atoms with van der Waals surface area (Å²) < 4.78 is 90.7. The van der Waals surface area contributed by atoms with Crippen LogP contribution in [0.1, 0.15) is 4.88 Å². The van der Waals surface area contributed by atoms with Crippen LogP contribution in [-0.2, 0) is 0 Å². The van der Waals surface area contributed by atoms with Crippen molar-refractivity contribution < 1.29 is 30.7 Å². The molecule has 1 aromatic rings. The Morgan fingerprint density at radius 1 is 0.941 bits per heavy atom. The Balaban J connectivity index is 2.70. The molecule has 1 heterocycles. The second-order valence-corrected chi connectivity index (χ2v) is 4.34. The molecule has 0 radical (unpaired) electrons. The summed E-state index contributed by atoms with van der Waals surface area (Å²) in [6.07, 6.45) is 0. The Morgan fingerprint density at radius 3 is 1.88 bits per heavy atom. The molecule has 0 bridgehead atoms. The van der Waals surface area contributed by atoms with Gasteiger partial charge in [0.1, 0.15) is 0 Å². The first-order chi connectivity index (χ1) is 7.64. The van der Waals surface area contributed by atoms with E-state index in [0.717, 1.165) is 6.07 Å². The second kappa shape index (κ2) is 3.24. The van der Waals surface area contributed by atoms with E-state index in [9.17, 15) is 30.7 Å². The van der Waals surface area contributed by atoms with E-state index in [1.807, 2.05) is 0 Å². The predicted molar refractivity (Wildman–Crippen MR) is 47.2 cm³/mol. The van der Waals surface area contributed by atoms with Gasteiger partial charge in [0, 0.05) is 4.88 Å². The first kappa shape index (κ1) is 12.4. The molecule has 0 aliphatic heterocycles. The summed E-state index contributed by atoms with van der Waals surface area (Å²) in [6, 6.07) is 2.05. The van der Waals surface area contributed by atoms with Crippen LogP contribution in [0, 0.1) is 0 Å². The normalized spacial score (nSPS) is 25.4. The van der Waals surface area contributed by atoms with Crippen LogP contribution < -0.4 is 0 Å². The molecule has 94 valence electrons. The minimum atomic E-state index is -5.76. The average Bonchev–Trinajstić information content (AvgIpc) is 2.72. The number of alkyl halides is 6. The van der Waals surface area contributed by atoms with Gasteiger partial charge in [0.25, 0.3) is 0 Å². The average molecular weight is 276 g/mol. The molecule has 1 aliphatic carbocycles. The Labute approximate surface area is 94.4 Å². The molecule has 0 spiro atoms. The van der Waals surface area contributed by atoms with Crippen molar-refractivity contribution in [2.75, 3.05) is 0 Å². The minimum absolute atomic E-state index is 0.483. The highest BCUT2D eigenvalue weighted by molar-refractivity contribution is 7.11. The Hall–Kier alpha value is -1.05. The van der Waals surface area contributed by atoms with Crippen LogP contribution >= 0.6 is 11.3 Å². The number of rotatable bonds is 1. The van der Waals surface area contributed by atoms with Gasteiger partial charge in [0.05, 0.1) is 5.57 Å². The molecule has 0 unspecified atom stereocenters. The van der Waals surface area contributed by atoms with Gasteiger partial charge in [-0.15, -0.1) is 11.3 Å². The highest BCUT2D eigenvalue weighted by atomic mass is 32.1. The third-order valence-corrected chi connectivity index (χ3v) is 3.25. The van der Waals surface area contributed by atoms with Gasteiger partial charge in [0.2, 0.25) is 0 Å². The van der Waals surface area contributed by atoms with Crippen LogP contribution in [0.25, 0.3) is 5.57 Å². The maximum atomic E-state index is 13.2. The number of thiophene rings is 1. The molecule has 2 rings (SSSR count). The summed E-state index contributed by atoms with van der Waals surface area (Å²) in [7, 11) is 0. The van der Waals surface area contributed by atoms with E-state index in [2.05, 4.69) is 0 Å². The standard InChI is InChI=1S/C9H3F7S/c10-6-5(4-2-1-3-17-4)7(11,12)9(15,16)8(6,13)14/h1-3H. The van der Waals surface area contributed by atoms with E-state index >= 15 is 0 Å². The Bertz CT molecular complexity index is 472. The summed E-state index contributed by atoms with van der Waals surface area (Å²) in [5, 5.41) is 1.19.